The highest BCUT2D eigenvalue weighted by molar-refractivity contribution is 8.16. The van der Waals surface area contributed by atoms with Gasteiger partial charge in [-0.05, 0) is 24.0 Å². The van der Waals surface area contributed by atoms with E-state index in [1.807, 2.05) is 35.7 Å². The molecule has 2 aliphatic rings. The van der Waals surface area contributed by atoms with E-state index in [0.29, 0.717) is 35.3 Å². The molecular formula is C26H26FN3O4S. The minimum atomic E-state index is -0.819. The largest absolute Gasteiger partial charge is 0.457 e. The zero-order chi connectivity index (χ0) is 24.8. The summed E-state index contributed by atoms with van der Waals surface area (Å²) in [5.41, 5.74) is 2.46. The summed E-state index contributed by atoms with van der Waals surface area (Å²) in [7, 11) is 1.56. The van der Waals surface area contributed by atoms with Gasteiger partial charge in [-0.1, -0.05) is 60.3 Å². The fourth-order valence-corrected chi connectivity index (χ4v) is 4.91. The summed E-state index contributed by atoms with van der Waals surface area (Å²) in [6.45, 7) is 2.57. The number of halogens is 1. The number of amidine groups is 1. The number of hydrogen-bond donors (Lipinski definition) is 1. The van der Waals surface area contributed by atoms with Crippen LogP contribution >= 0.6 is 11.8 Å². The highest BCUT2D eigenvalue weighted by Crippen LogP contribution is 2.45. The zero-order valence-corrected chi connectivity index (χ0v) is 20.3. The number of nitrogens with one attached hydrogen (secondary N) is 1. The molecule has 0 bridgehead atoms. The fraction of sp³-hybridized carbons (Fsp3) is 0.269. The van der Waals surface area contributed by atoms with Crippen molar-refractivity contribution < 1.29 is 23.5 Å². The quantitative estimate of drug-likeness (QED) is 0.413. The van der Waals surface area contributed by atoms with Crippen LogP contribution in [0.5, 0.6) is 0 Å². The van der Waals surface area contributed by atoms with E-state index >= 15 is 4.39 Å². The zero-order valence-electron chi connectivity index (χ0n) is 19.5. The average Bonchev–Trinajstić information content (AvgIpc) is 3.24. The molecule has 0 fully saturated rings. The van der Waals surface area contributed by atoms with Crippen molar-refractivity contribution in [3.8, 4) is 0 Å². The van der Waals surface area contributed by atoms with Crippen molar-refractivity contribution >= 4 is 28.8 Å². The number of amides is 1. The molecule has 35 heavy (non-hydrogen) atoms. The number of carbonyl (C=O) groups is 2. The molecule has 1 unspecified atom stereocenters. The predicted molar refractivity (Wildman–Crippen MR) is 133 cm³/mol. The summed E-state index contributed by atoms with van der Waals surface area (Å²) >= 11 is 1.34. The number of aliphatic imine (C=N–C) groups is 1. The Hall–Kier alpha value is -3.43. The number of esters is 1. The van der Waals surface area contributed by atoms with Gasteiger partial charge in [0, 0.05) is 24.9 Å². The Balaban J connectivity index is 1.64. The normalized spacial score (nSPS) is 17.0. The summed E-state index contributed by atoms with van der Waals surface area (Å²) in [6.07, 6.45) is 0.0477. The molecule has 2 aliphatic heterocycles. The maximum Gasteiger partial charge on any atom is 0.338 e. The number of fused-ring (bicyclic) bond motifs is 1. The first kappa shape index (κ1) is 24.7. The van der Waals surface area contributed by atoms with Gasteiger partial charge in [0.1, 0.15) is 12.4 Å². The minimum Gasteiger partial charge on any atom is -0.457 e. The van der Waals surface area contributed by atoms with Gasteiger partial charge in [-0.25, -0.2) is 14.2 Å². The number of allylic oxidation sites excluding steroid dienone is 1. The molecule has 1 amide bonds. The third-order valence-electron chi connectivity index (χ3n) is 5.60. The van der Waals surface area contributed by atoms with E-state index < -0.39 is 17.8 Å². The third kappa shape index (κ3) is 5.63. The Bertz CT molecular complexity index is 1200. The van der Waals surface area contributed by atoms with Crippen LogP contribution < -0.4 is 5.32 Å². The second-order valence-electron chi connectivity index (χ2n) is 8.00. The molecule has 1 atom stereocenters. The lowest BCUT2D eigenvalue weighted by Gasteiger charge is -2.36. The number of nitrogens with zero attached hydrogens (tertiary/aromatic N) is 2. The molecule has 0 spiro atoms. The van der Waals surface area contributed by atoms with Gasteiger partial charge in [0.15, 0.2) is 5.17 Å². The second-order valence-corrected chi connectivity index (χ2v) is 8.83. The molecule has 2 heterocycles. The lowest BCUT2D eigenvalue weighted by atomic mass is 9.93. The van der Waals surface area contributed by atoms with Crippen molar-refractivity contribution in [2.24, 2.45) is 4.99 Å². The van der Waals surface area contributed by atoms with Crippen molar-refractivity contribution in [1.29, 1.82) is 0 Å². The van der Waals surface area contributed by atoms with Crippen LogP contribution in [0.4, 0.5) is 4.39 Å². The van der Waals surface area contributed by atoms with Gasteiger partial charge in [-0.2, -0.15) is 0 Å². The Morgan fingerprint density at radius 2 is 1.89 bits per heavy atom. The minimum absolute atomic E-state index is 0.0477. The lowest BCUT2D eigenvalue weighted by molar-refractivity contribution is -0.141. The van der Waals surface area contributed by atoms with Gasteiger partial charge in [0.05, 0.1) is 30.3 Å². The number of rotatable bonds is 9. The van der Waals surface area contributed by atoms with Crippen LogP contribution in [0.3, 0.4) is 0 Å². The molecule has 182 valence electrons. The molecular weight excluding hydrogens is 469 g/mol. The van der Waals surface area contributed by atoms with Crippen molar-refractivity contribution in [2.75, 3.05) is 20.3 Å². The van der Waals surface area contributed by atoms with E-state index in [-0.39, 0.29) is 24.5 Å². The summed E-state index contributed by atoms with van der Waals surface area (Å²) in [6, 6.07) is 14.8. The smallest absolute Gasteiger partial charge is 0.338 e. The number of hydrogen-bond acceptors (Lipinski definition) is 7. The molecule has 7 nitrogen and oxygen atoms in total. The number of thioether (sulfide) groups is 1. The SMILES string of the molecule is COCCNC(=O)CC1=CSC2=NC(C)=C(C(=O)OCc3ccccc3)C(c3ccccc3F)N12. The fourth-order valence-electron chi connectivity index (χ4n) is 3.94. The van der Waals surface area contributed by atoms with Crippen LogP contribution in [-0.2, 0) is 25.7 Å². The van der Waals surface area contributed by atoms with E-state index in [1.165, 1.54) is 17.8 Å². The number of methoxy groups -OCH3 is 1. The van der Waals surface area contributed by atoms with Crippen LogP contribution in [0, 0.1) is 5.82 Å². The van der Waals surface area contributed by atoms with E-state index in [4.69, 9.17) is 9.47 Å². The van der Waals surface area contributed by atoms with Gasteiger partial charge in [0.25, 0.3) is 0 Å². The van der Waals surface area contributed by atoms with Crippen LogP contribution in [0.25, 0.3) is 0 Å². The van der Waals surface area contributed by atoms with Crippen LogP contribution in [0.2, 0.25) is 0 Å². The van der Waals surface area contributed by atoms with Crippen LogP contribution in [-0.4, -0.2) is 42.2 Å². The second kappa shape index (κ2) is 11.3. The molecule has 0 saturated carbocycles. The van der Waals surface area contributed by atoms with Crippen LogP contribution in [0.15, 0.2) is 82.0 Å². The van der Waals surface area contributed by atoms with Gasteiger partial charge in [-0.15, -0.1) is 0 Å². The summed E-state index contributed by atoms with van der Waals surface area (Å²) in [4.78, 5) is 32.2. The lowest BCUT2D eigenvalue weighted by Crippen LogP contribution is -2.38. The first-order chi connectivity index (χ1) is 17.0. The molecule has 0 aromatic heterocycles. The van der Waals surface area contributed by atoms with E-state index in [0.717, 1.165) is 5.56 Å². The van der Waals surface area contributed by atoms with Gasteiger partial charge >= 0.3 is 5.97 Å². The molecule has 0 radical (unpaired) electrons. The Kier molecular flexibility index (Phi) is 7.99. The topological polar surface area (TPSA) is 80.2 Å². The molecule has 9 heteroatoms. The van der Waals surface area contributed by atoms with Gasteiger partial charge in [0.2, 0.25) is 5.91 Å². The monoisotopic (exact) mass is 495 g/mol. The highest BCUT2D eigenvalue weighted by atomic mass is 32.2. The van der Waals surface area contributed by atoms with Gasteiger partial charge in [-0.3, -0.25) is 4.79 Å². The average molecular weight is 496 g/mol. The van der Waals surface area contributed by atoms with Crippen molar-refractivity contribution in [1.82, 2.24) is 10.2 Å². The van der Waals surface area contributed by atoms with Crippen molar-refractivity contribution in [3.05, 3.63) is 93.9 Å². The van der Waals surface area contributed by atoms with Crippen molar-refractivity contribution in [3.63, 3.8) is 0 Å². The predicted octanol–water partition coefficient (Wildman–Crippen LogP) is 4.30. The Labute approximate surface area is 207 Å². The van der Waals surface area contributed by atoms with E-state index in [9.17, 15) is 9.59 Å². The number of benzene rings is 2. The highest BCUT2D eigenvalue weighted by Gasteiger charge is 2.42. The Morgan fingerprint density at radius 3 is 2.63 bits per heavy atom. The molecule has 1 N–H and O–H groups in total. The molecule has 2 aromatic rings. The summed E-state index contributed by atoms with van der Waals surface area (Å²) < 4.78 is 25.7. The standard InChI is InChI=1S/C26H26FN3O4S/c1-17-23(25(32)34-15-18-8-4-3-5-9-18)24(20-10-6-7-11-21(20)27)30-19(16-35-26(30)29-17)14-22(31)28-12-13-33-2/h3-11,16,24H,12-15H2,1-2H3,(H,28,31). The van der Waals surface area contributed by atoms with Gasteiger partial charge < -0.3 is 19.7 Å². The number of carbonyl (C=O) groups excluding carboxylic acids is 2. The van der Waals surface area contributed by atoms with E-state index in [2.05, 4.69) is 10.3 Å². The number of ether oxygens (including phenoxy) is 2. The van der Waals surface area contributed by atoms with Crippen molar-refractivity contribution in [2.45, 2.75) is 26.0 Å². The first-order valence-electron chi connectivity index (χ1n) is 11.1. The third-order valence-corrected chi connectivity index (χ3v) is 6.49. The molecule has 4 rings (SSSR count). The maximum absolute atomic E-state index is 15.1. The Morgan fingerprint density at radius 1 is 1.14 bits per heavy atom. The van der Waals surface area contributed by atoms with Crippen LogP contribution in [0.1, 0.15) is 30.5 Å². The molecule has 0 saturated heterocycles. The summed E-state index contributed by atoms with van der Waals surface area (Å²) in [5, 5.41) is 5.19. The molecule has 2 aromatic carbocycles. The maximum atomic E-state index is 15.1. The summed E-state index contributed by atoms with van der Waals surface area (Å²) in [5.74, 6) is -1.24. The first-order valence-corrected chi connectivity index (χ1v) is 12.0. The van der Waals surface area contributed by atoms with E-state index in [1.54, 1.807) is 37.1 Å². The molecule has 0 aliphatic carbocycles.